The first-order valence-corrected chi connectivity index (χ1v) is 7.30. The second-order valence-corrected chi connectivity index (χ2v) is 5.45. The van der Waals surface area contributed by atoms with Crippen LogP contribution < -0.4 is 4.74 Å². The minimum absolute atomic E-state index is 0.0109. The van der Waals surface area contributed by atoms with Gasteiger partial charge in [0.1, 0.15) is 11.5 Å². The van der Waals surface area contributed by atoms with Crippen molar-refractivity contribution in [2.75, 3.05) is 0 Å². The van der Waals surface area contributed by atoms with E-state index < -0.39 is 23.5 Å². The van der Waals surface area contributed by atoms with Crippen molar-refractivity contribution in [3.05, 3.63) is 47.7 Å². The van der Waals surface area contributed by atoms with Gasteiger partial charge in [-0.3, -0.25) is 14.4 Å². The maximum absolute atomic E-state index is 12.2. The summed E-state index contributed by atoms with van der Waals surface area (Å²) in [4.78, 5) is 35.7. The van der Waals surface area contributed by atoms with Crippen LogP contribution in [-0.4, -0.2) is 23.6 Å². The van der Waals surface area contributed by atoms with Crippen molar-refractivity contribution in [3.8, 4) is 5.75 Å². The Balaban J connectivity index is 2.19. The van der Waals surface area contributed by atoms with Gasteiger partial charge in [-0.25, -0.2) is 0 Å². The number of para-hydroxylation sites is 1. The molecule has 0 unspecified atom stereocenters. The van der Waals surface area contributed by atoms with E-state index in [-0.39, 0.29) is 11.9 Å². The molecule has 1 heterocycles. The van der Waals surface area contributed by atoms with Gasteiger partial charge in [-0.05, 0) is 39.0 Å². The zero-order chi connectivity index (χ0) is 17.0. The van der Waals surface area contributed by atoms with E-state index in [2.05, 4.69) is 0 Å². The smallest absolute Gasteiger partial charge is 0.329 e. The topological polar surface area (TPSA) is 69.7 Å². The molecule has 0 spiro atoms. The molecule has 0 aliphatic carbocycles. The van der Waals surface area contributed by atoms with Gasteiger partial charge in [-0.15, -0.1) is 0 Å². The van der Waals surface area contributed by atoms with Crippen LogP contribution in [0.15, 0.2) is 42.2 Å². The molecule has 0 aromatic heterocycles. The fourth-order valence-corrected chi connectivity index (χ4v) is 2.15. The molecule has 5 nitrogen and oxygen atoms in total. The summed E-state index contributed by atoms with van der Waals surface area (Å²) >= 11 is 0. The lowest BCUT2D eigenvalue weighted by molar-refractivity contribution is -0.151. The Morgan fingerprint density at radius 1 is 1.26 bits per heavy atom. The van der Waals surface area contributed by atoms with E-state index in [4.69, 9.17) is 9.47 Å². The Hall–Kier alpha value is -2.69. The monoisotopic (exact) mass is 314 g/mol. The van der Waals surface area contributed by atoms with Crippen molar-refractivity contribution in [1.29, 1.82) is 0 Å². The largest absolute Gasteiger partial charge is 0.490 e. The quantitative estimate of drug-likeness (QED) is 0.475. The third-order valence-electron chi connectivity index (χ3n) is 3.12. The molecule has 0 saturated heterocycles. The SMILES string of the molecule is CC1=CC(=O)[C@H](C(=O)/C=C/c2ccccc2OC(C)C)C(=O)O1. The number of carbonyl (C=O) groups excluding carboxylic acids is 3. The van der Waals surface area contributed by atoms with E-state index in [1.807, 2.05) is 26.0 Å². The van der Waals surface area contributed by atoms with Crippen molar-refractivity contribution < 1.29 is 23.9 Å². The summed E-state index contributed by atoms with van der Waals surface area (Å²) in [5.74, 6) is -2.60. The number of hydrogen-bond donors (Lipinski definition) is 0. The lowest BCUT2D eigenvalue weighted by Gasteiger charge is -2.16. The van der Waals surface area contributed by atoms with Gasteiger partial charge in [0.25, 0.3) is 0 Å². The number of rotatable bonds is 5. The summed E-state index contributed by atoms with van der Waals surface area (Å²) in [7, 11) is 0. The molecular formula is C18H18O5. The highest BCUT2D eigenvalue weighted by atomic mass is 16.5. The van der Waals surface area contributed by atoms with Gasteiger partial charge in [0, 0.05) is 11.6 Å². The highest BCUT2D eigenvalue weighted by Gasteiger charge is 2.36. The lowest BCUT2D eigenvalue weighted by atomic mass is 9.96. The van der Waals surface area contributed by atoms with Crippen LogP contribution in [0.2, 0.25) is 0 Å². The van der Waals surface area contributed by atoms with Crippen LogP contribution in [0.5, 0.6) is 5.75 Å². The third-order valence-corrected chi connectivity index (χ3v) is 3.12. The van der Waals surface area contributed by atoms with Gasteiger partial charge in [-0.1, -0.05) is 18.2 Å². The van der Waals surface area contributed by atoms with Crippen LogP contribution in [0.3, 0.4) is 0 Å². The van der Waals surface area contributed by atoms with E-state index >= 15 is 0 Å². The molecule has 1 aromatic carbocycles. The number of ketones is 2. The summed E-state index contributed by atoms with van der Waals surface area (Å²) in [6.45, 7) is 5.29. The third kappa shape index (κ3) is 4.16. The van der Waals surface area contributed by atoms with Crippen LogP contribution in [0.4, 0.5) is 0 Å². The normalized spacial score (nSPS) is 18.1. The predicted molar refractivity (Wildman–Crippen MR) is 84.6 cm³/mol. The molecule has 0 amide bonds. The second kappa shape index (κ2) is 7.05. The van der Waals surface area contributed by atoms with Crippen molar-refractivity contribution >= 4 is 23.6 Å². The van der Waals surface area contributed by atoms with Crippen LogP contribution >= 0.6 is 0 Å². The predicted octanol–water partition coefficient (Wildman–Crippen LogP) is 2.70. The van der Waals surface area contributed by atoms with Gasteiger partial charge in [0.2, 0.25) is 0 Å². The summed E-state index contributed by atoms with van der Waals surface area (Å²) in [6.07, 6.45) is 3.89. The summed E-state index contributed by atoms with van der Waals surface area (Å²) in [5, 5.41) is 0. The maximum atomic E-state index is 12.2. The zero-order valence-corrected chi connectivity index (χ0v) is 13.2. The molecule has 0 saturated carbocycles. The molecule has 0 bridgehead atoms. The molecule has 0 radical (unpaired) electrons. The van der Waals surface area contributed by atoms with Gasteiger partial charge < -0.3 is 9.47 Å². The second-order valence-electron chi connectivity index (χ2n) is 5.45. The first kappa shape index (κ1) is 16.7. The van der Waals surface area contributed by atoms with Crippen LogP contribution in [0.1, 0.15) is 26.3 Å². The molecule has 1 aliphatic rings. The van der Waals surface area contributed by atoms with Crippen LogP contribution in [0.25, 0.3) is 6.08 Å². The number of benzene rings is 1. The van der Waals surface area contributed by atoms with Gasteiger partial charge in [0.05, 0.1) is 6.10 Å². The van der Waals surface area contributed by atoms with Crippen molar-refractivity contribution in [1.82, 2.24) is 0 Å². The Labute approximate surface area is 134 Å². The molecular weight excluding hydrogens is 296 g/mol. The number of cyclic esters (lactones) is 1. The maximum Gasteiger partial charge on any atom is 0.329 e. The van der Waals surface area contributed by atoms with Gasteiger partial charge in [0.15, 0.2) is 17.5 Å². The van der Waals surface area contributed by atoms with Crippen LogP contribution in [-0.2, 0) is 19.1 Å². The summed E-state index contributed by atoms with van der Waals surface area (Å²) in [5.41, 5.74) is 0.692. The van der Waals surface area contributed by atoms with Gasteiger partial charge >= 0.3 is 5.97 Å². The van der Waals surface area contributed by atoms with Crippen molar-refractivity contribution in [2.24, 2.45) is 5.92 Å². The Kier molecular flexibility index (Phi) is 5.11. The van der Waals surface area contributed by atoms with Crippen molar-refractivity contribution in [2.45, 2.75) is 26.9 Å². The number of ether oxygens (including phenoxy) is 2. The first-order valence-electron chi connectivity index (χ1n) is 7.30. The van der Waals surface area contributed by atoms with E-state index in [1.54, 1.807) is 12.1 Å². The fourth-order valence-electron chi connectivity index (χ4n) is 2.15. The molecule has 1 aromatic rings. The van der Waals surface area contributed by atoms with E-state index in [0.29, 0.717) is 11.3 Å². The van der Waals surface area contributed by atoms with Gasteiger partial charge in [-0.2, -0.15) is 0 Å². The highest BCUT2D eigenvalue weighted by molar-refractivity contribution is 6.25. The number of carbonyl (C=O) groups is 3. The number of allylic oxidation sites excluding steroid dienone is 3. The molecule has 1 aliphatic heterocycles. The molecule has 120 valence electrons. The Morgan fingerprint density at radius 2 is 1.96 bits per heavy atom. The molecule has 5 heteroatoms. The average Bonchev–Trinajstić information content (AvgIpc) is 2.44. The number of hydrogen-bond acceptors (Lipinski definition) is 5. The Bertz CT molecular complexity index is 697. The summed E-state index contributed by atoms with van der Waals surface area (Å²) < 4.78 is 10.5. The first-order chi connectivity index (χ1) is 10.9. The Morgan fingerprint density at radius 3 is 2.61 bits per heavy atom. The lowest BCUT2D eigenvalue weighted by Crippen LogP contribution is -2.34. The summed E-state index contributed by atoms with van der Waals surface area (Å²) in [6, 6.07) is 7.21. The molecule has 2 rings (SSSR count). The van der Waals surface area contributed by atoms with E-state index in [9.17, 15) is 14.4 Å². The fraction of sp³-hybridized carbons (Fsp3) is 0.278. The highest BCUT2D eigenvalue weighted by Crippen LogP contribution is 2.22. The van der Waals surface area contributed by atoms with E-state index in [1.165, 1.54) is 19.1 Å². The molecule has 23 heavy (non-hydrogen) atoms. The minimum Gasteiger partial charge on any atom is -0.490 e. The zero-order valence-electron chi connectivity index (χ0n) is 13.2. The minimum atomic E-state index is -1.42. The van der Waals surface area contributed by atoms with Crippen LogP contribution in [0, 0.1) is 5.92 Å². The standard InChI is InChI=1S/C18H18O5/c1-11(2)22-16-7-5-4-6-13(16)8-9-14(19)17-15(20)10-12(3)23-18(17)21/h4-11,17H,1-3H3/b9-8+/t17-/m0/s1. The van der Waals surface area contributed by atoms with Crippen molar-refractivity contribution in [3.63, 3.8) is 0 Å². The molecule has 1 atom stereocenters. The molecule has 0 fully saturated rings. The molecule has 0 N–H and O–H groups in total. The number of esters is 1. The van der Waals surface area contributed by atoms with E-state index in [0.717, 1.165) is 6.08 Å². The average molecular weight is 314 g/mol.